The molecule has 2 aromatic carbocycles. The van der Waals surface area contributed by atoms with Gasteiger partial charge in [-0.1, -0.05) is 47.8 Å². The fraction of sp³-hybridized carbons (Fsp3) is 0.417. The molecule has 0 radical (unpaired) electrons. The lowest BCUT2D eigenvalue weighted by molar-refractivity contribution is -0.281. The van der Waals surface area contributed by atoms with Crippen LogP contribution in [0.2, 0.25) is 29.7 Å². The molecule has 2 unspecified atom stereocenters. The molecule has 0 amide bonds. The minimum atomic E-state index is -4.88. The Kier molecular flexibility index (Phi) is 6.46. The minimum absolute atomic E-state index is 0.0474. The van der Waals surface area contributed by atoms with Gasteiger partial charge in [0.1, 0.15) is 0 Å². The molecule has 1 aliphatic carbocycles. The van der Waals surface area contributed by atoms with Crippen LogP contribution in [0.3, 0.4) is 0 Å². The second-order valence-corrected chi connectivity index (χ2v) is 17.1. The summed E-state index contributed by atoms with van der Waals surface area (Å²) < 4.78 is 80.5. The first-order valence-corrected chi connectivity index (χ1v) is 16.7. The number of aromatic nitrogens is 1. The fourth-order valence-corrected chi connectivity index (χ4v) is 8.20. The molecule has 3 aromatic rings. The van der Waals surface area contributed by atoms with Gasteiger partial charge in [0.15, 0.2) is 13.9 Å². The first-order chi connectivity index (χ1) is 16.0. The third kappa shape index (κ3) is 4.23. The van der Waals surface area contributed by atoms with E-state index < -0.39 is 41.7 Å². The summed E-state index contributed by atoms with van der Waals surface area (Å²) in [6.07, 6.45) is -4.47. The van der Waals surface area contributed by atoms with Gasteiger partial charge in [-0.15, -0.1) is 0 Å². The maximum Gasteiger partial charge on any atom is 0.422 e. The van der Waals surface area contributed by atoms with Crippen LogP contribution in [0.5, 0.6) is 0 Å². The predicted octanol–water partition coefficient (Wildman–Crippen LogP) is 7.68. The zero-order valence-corrected chi connectivity index (χ0v) is 23.3. The molecule has 190 valence electrons. The van der Waals surface area contributed by atoms with Gasteiger partial charge in [0, 0.05) is 5.39 Å². The zero-order valence-electron chi connectivity index (χ0n) is 19.9. The van der Waals surface area contributed by atoms with Crippen molar-refractivity contribution < 1.29 is 26.0 Å². The molecule has 1 aliphatic rings. The lowest BCUT2D eigenvalue weighted by Gasteiger charge is -2.47. The van der Waals surface area contributed by atoms with Crippen molar-refractivity contribution in [1.82, 2.24) is 3.97 Å². The summed E-state index contributed by atoms with van der Waals surface area (Å²) >= 11 is 12.5. The lowest BCUT2D eigenvalue weighted by atomic mass is 9.75. The predicted molar refractivity (Wildman–Crippen MR) is 135 cm³/mol. The standard InChI is InChI=1S/C24H26Cl2F3NO3SSi/c1-14-6-9-16(10-7-14)34(31,32)30-21-13-20(26)19(25)12-18(21)17-11-8-15(2)23(22(17)30,24(27,28)29)33-35(3,4)5/h6-7,9-10,12-13,15H,8,11H2,1-5H3. The number of hydrogen-bond donors (Lipinski definition) is 0. The highest BCUT2D eigenvalue weighted by atomic mass is 35.5. The number of hydrogen-bond acceptors (Lipinski definition) is 3. The van der Waals surface area contributed by atoms with Crippen molar-refractivity contribution in [2.24, 2.45) is 5.92 Å². The Morgan fingerprint density at radius 2 is 1.66 bits per heavy atom. The van der Waals surface area contributed by atoms with Crippen molar-refractivity contribution in [2.75, 3.05) is 0 Å². The Labute approximate surface area is 214 Å². The van der Waals surface area contributed by atoms with Crippen LogP contribution in [-0.4, -0.2) is 26.9 Å². The molecule has 35 heavy (non-hydrogen) atoms. The maximum absolute atomic E-state index is 15.2. The van der Waals surface area contributed by atoms with E-state index in [0.717, 1.165) is 9.54 Å². The Morgan fingerprint density at radius 1 is 1.09 bits per heavy atom. The highest BCUT2D eigenvalue weighted by molar-refractivity contribution is 7.90. The van der Waals surface area contributed by atoms with E-state index in [4.69, 9.17) is 27.6 Å². The van der Waals surface area contributed by atoms with Gasteiger partial charge < -0.3 is 4.43 Å². The summed E-state index contributed by atoms with van der Waals surface area (Å²) in [6, 6.07) is 8.76. The van der Waals surface area contributed by atoms with E-state index in [2.05, 4.69) is 0 Å². The molecule has 0 N–H and O–H groups in total. The summed E-state index contributed by atoms with van der Waals surface area (Å²) in [5.41, 5.74) is -2.09. The summed E-state index contributed by atoms with van der Waals surface area (Å²) in [5.74, 6) is -1.02. The first-order valence-electron chi connectivity index (χ1n) is 11.1. The van der Waals surface area contributed by atoms with Crippen LogP contribution in [0, 0.1) is 12.8 Å². The van der Waals surface area contributed by atoms with Crippen molar-refractivity contribution in [3.8, 4) is 0 Å². The second kappa shape index (κ2) is 8.51. The third-order valence-electron chi connectivity index (χ3n) is 6.39. The van der Waals surface area contributed by atoms with E-state index in [0.29, 0.717) is 5.39 Å². The Hall–Kier alpha value is -1.52. The molecule has 4 rings (SSSR count). The Balaban J connectivity index is 2.23. The molecule has 1 heterocycles. The number of alkyl halides is 3. The monoisotopic (exact) mass is 563 g/mol. The van der Waals surface area contributed by atoms with Gasteiger partial charge in [-0.05, 0) is 75.2 Å². The van der Waals surface area contributed by atoms with Gasteiger partial charge >= 0.3 is 6.18 Å². The van der Waals surface area contributed by atoms with Crippen molar-refractivity contribution in [3.05, 3.63) is 63.3 Å². The van der Waals surface area contributed by atoms with Crippen LogP contribution < -0.4 is 0 Å². The average molecular weight is 565 g/mol. The van der Waals surface area contributed by atoms with E-state index in [-0.39, 0.29) is 38.9 Å². The molecule has 0 spiro atoms. The van der Waals surface area contributed by atoms with E-state index in [9.17, 15) is 8.42 Å². The molecule has 2 atom stereocenters. The Morgan fingerprint density at radius 3 is 2.20 bits per heavy atom. The molecule has 1 aromatic heterocycles. The van der Waals surface area contributed by atoms with Crippen LogP contribution in [0.4, 0.5) is 13.2 Å². The number of fused-ring (bicyclic) bond motifs is 3. The van der Waals surface area contributed by atoms with Crippen LogP contribution in [0.25, 0.3) is 10.9 Å². The van der Waals surface area contributed by atoms with Crippen molar-refractivity contribution in [1.29, 1.82) is 0 Å². The Bertz CT molecular complexity index is 1410. The van der Waals surface area contributed by atoms with Gasteiger partial charge in [0.2, 0.25) is 0 Å². The molecule has 0 aliphatic heterocycles. The molecule has 11 heteroatoms. The van der Waals surface area contributed by atoms with Crippen molar-refractivity contribution in [2.45, 2.75) is 63.0 Å². The van der Waals surface area contributed by atoms with Crippen LogP contribution in [0.15, 0.2) is 41.3 Å². The molecule has 0 saturated heterocycles. The fourth-order valence-electron chi connectivity index (χ4n) is 4.91. The topological polar surface area (TPSA) is 48.3 Å². The van der Waals surface area contributed by atoms with E-state index in [1.165, 1.54) is 31.2 Å². The normalized spacial score (nSPS) is 21.4. The molecule has 0 fully saturated rings. The molecular formula is C24H26Cl2F3NO3SSi. The van der Waals surface area contributed by atoms with Gasteiger partial charge in [0.25, 0.3) is 10.0 Å². The lowest BCUT2D eigenvalue weighted by Crippen LogP contribution is -2.57. The third-order valence-corrected chi connectivity index (χ3v) is 9.78. The molecule has 0 bridgehead atoms. The van der Waals surface area contributed by atoms with Gasteiger partial charge in [-0.3, -0.25) is 0 Å². The van der Waals surface area contributed by atoms with Gasteiger partial charge in [-0.2, -0.15) is 13.2 Å². The molecule has 0 saturated carbocycles. The summed E-state index contributed by atoms with van der Waals surface area (Å²) in [7, 11) is -7.33. The maximum atomic E-state index is 15.2. The van der Waals surface area contributed by atoms with E-state index in [1.807, 2.05) is 0 Å². The largest absolute Gasteiger partial charge is 0.422 e. The number of halogens is 5. The first kappa shape index (κ1) is 26.5. The van der Waals surface area contributed by atoms with Crippen molar-refractivity contribution in [3.63, 3.8) is 0 Å². The summed E-state index contributed by atoms with van der Waals surface area (Å²) in [6.45, 7) is 8.25. The quantitative estimate of drug-likeness (QED) is 0.306. The highest BCUT2D eigenvalue weighted by Crippen LogP contribution is 2.56. The molecule has 4 nitrogen and oxygen atoms in total. The van der Waals surface area contributed by atoms with Gasteiger partial charge in [-0.25, -0.2) is 12.4 Å². The number of rotatable bonds is 4. The van der Waals surface area contributed by atoms with Crippen LogP contribution in [-0.2, 0) is 26.5 Å². The summed E-state index contributed by atoms with van der Waals surface area (Å²) in [5, 5.41) is 0.505. The van der Waals surface area contributed by atoms with Crippen LogP contribution in [0.1, 0.15) is 30.2 Å². The van der Waals surface area contributed by atoms with E-state index in [1.54, 1.807) is 38.7 Å². The zero-order chi connectivity index (χ0) is 26.1. The second-order valence-electron chi connectivity index (χ2n) is 10.1. The number of benzene rings is 2. The number of nitrogens with zero attached hydrogens (tertiary/aromatic N) is 1. The SMILES string of the molecule is Cc1ccc(S(=O)(=O)n2c3c(c4cc(Cl)c(Cl)cc42)CCC(C)C3(O[Si](C)(C)C)C(F)(F)F)cc1. The van der Waals surface area contributed by atoms with Crippen LogP contribution >= 0.6 is 23.2 Å². The number of aryl methyl sites for hydroxylation is 2. The highest BCUT2D eigenvalue weighted by Gasteiger charge is 2.66. The summed E-state index contributed by atoms with van der Waals surface area (Å²) in [4.78, 5) is -0.129. The van der Waals surface area contributed by atoms with Crippen molar-refractivity contribution >= 4 is 52.4 Å². The minimum Gasteiger partial charge on any atom is -0.399 e. The van der Waals surface area contributed by atoms with E-state index >= 15 is 13.2 Å². The molecular weight excluding hydrogens is 538 g/mol. The average Bonchev–Trinajstić information content (AvgIpc) is 3.03. The smallest absolute Gasteiger partial charge is 0.399 e. The van der Waals surface area contributed by atoms with Gasteiger partial charge in [0.05, 0.1) is 26.2 Å².